The van der Waals surface area contributed by atoms with E-state index in [1.165, 1.54) is 0 Å². The quantitative estimate of drug-likeness (QED) is 0.881. The number of aliphatic carboxylic acids is 1. The molecule has 1 unspecified atom stereocenters. The molecular formula is C15H13F3N4O4. The number of rotatable bonds is 3. The maximum absolute atomic E-state index is 12.7. The van der Waals surface area contributed by atoms with Gasteiger partial charge in [0, 0.05) is 5.56 Å². The Balaban J connectivity index is 1.84. The van der Waals surface area contributed by atoms with Gasteiger partial charge in [-0.05, 0) is 31.2 Å². The lowest BCUT2D eigenvalue weighted by molar-refractivity contribution is -0.274. The molecule has 0 saturated carbocycles. The molecule has 138 valence electrons. The first-order chi connectivity index (χ1) is 12.2. The standard InChI is InChI=1S/C15H13F3N4O4/c1-8-19-20-12-7-22(11(14(24)25)6-21(8)12)13(23)9-2-4-10(5-3-9)26-15(16,17)18/h2-5,11H,6-7H2,1H3,(H,24,25). The number of ether oxygens (including phenoxy) is 1. The number of aryl methyl sites for hydroxylation is 1. The van der Waals surface area contributed by atoms with E-state index in [0.717, 1.165) is 29.2 Å². The molecule has 1 atom stereocenters. The summed E-state index contributed by atoms with van der Waals surface area (Å²) in [5.41, 5.74) is 0.0375. The Labute approximate surface area is 144 Å². The van der Waals surface area contributed by atoms with Crippen molar-refractivity contribution < 1.29 is 32.6 Å². The van der Waals surface area contributed by atoms with Crippen molar-refractivity contribution in [2.75, 3.05) is 0 Å². The molecule has 11 heteroatoms. The highest BCUT2D eigenvalue weighted by molar-refractivity contribution is 5.96. The van der Waals surface area contributed by atoms with Gasteiger partial charge in [-0.15, -0.1) is 23.4 Å². The van der Waals surface area contributed by atoms with Crippen LogP contribution in [0.3, 0.4) is 0 Å². The Morgan fingerprint density at radius 3 is 2.46 bits per heavy atom. The van der Waals surface area contributed by atoms with Crippen molar-refractivity contribution >= 4 is 11.9 Å². The molecule has 0 radical (unpaired) electrons. The average molecular weight is 370 g/mol. The number of hydrogen-bond acceptors (Lipinski definition) is 5. The normalized spacial score (nSPS) is 16.9. The lowest BCUT2D eigenvalue weighted by atomic mass is 10.1. The monoisotopic (exact) mass is 370 g/mol. The maximum atomic E-state index is 12.7. The van der Waals surface area contributed by atoms with Gasteiger partial charge >= 0.3 is 12.3 Å². The van der Waals surface area contributed by atoms with Crippen LogP contribution in [0.4, 0.5) is 13.2 Å². The number of alkyl halides is 3. The minimum atomic E-state index is -4.84. The smallest absolute Gasteiger partial charge is 0.480 e. The van der Waals surface area contributed by atoms with Gasteiger partial charge in [0.05, 0.1) is 13.1 Å². The van der Waals surface area contributed by atoms with Gasteiger partial charge in [0.25, 0.3) is 5.91 Å². The number of carboxylic acid groups (broad SMARTS) is 1. The highest BCUT2D eigenvalue weighted by Crippen LogP contribution is 2.25. The fourth-order valence-corrected chi connectivity index (χ4v) is 2.70. The Morgan fingerprint density at radius 2 is 1.88 bits per heavy atom. The second kappa shape index (κ2) is 6.32. The van der Waals surface area contributed by atoms with Crippen LogP contribution in [0, 0.1) is 6.92 Å². The number of carbonyl (C=O) groups is 2. The largest absolute Gasteiger partial charge is 0.573 e. The summed E-state index contributed by atoms with van der Waals surface area (Å²) >= 11 is 0. The molecule has 2 aromatic rings. The number of halogens is 3. The van der Waals surface area contributed by atoms with Crippen molar-refractivity contribution in [3.8, 4) is 5.75 Å². The van der Waals surface area contributed by atoms with Crippen LogP contribution in [0.25, 0.3) is 0 Å². The molecule has 8 nitrogen and oxygen atoms in total. The van der Waals surface area contributed by atoms with Gasteiger partial charge in [-0.3, -0.25) is 4.79 Å². The number of benzene rings is 1. The van der Waals surface area contributed by atoms with Gasteiger partial charge < -0.3 is 19.3 Å². The van der Waals surface area contributed by atoms with Crippen LogP contribution in [0.15, 0.2) is 24.3 Å². The first-order valence-electron chi connectivity index (χ1n) is 7.44. The van der Waals surface area contributed by atoms with Gasteiger partial charge in [-0.25, -0.2) is 4.79 Å². The third-order valence-electron chi connectivity index (χ3n) is 3.94. The summed E-state index contributed by atoms with van der Waals surface area (Å²) in [5, 5.41) is 17.2. The molecule has 26 heavy (non-hydrogen) atoms. The summed E-state index contributed by atoms with van der Waals surface area (Å²) in [5.74, 6) is -1.34. The van der Waals surface area contributed by atoms with Crippen molar-refractivity contribution in [2.45, 2.75) is 32.4 Å². The number of carbonyl (C=O) groups excluding carboxylic acids is 1. The Hall–Kier alpha value is -3.11. The zero-order valence-electron chi connectivity index (χ0n) is 13.4. The molecule has 0 fully saturated rings. The molecule has 1 aliphatic rings. The molecule has 1 aliphatic heterocycles. The Morgan fingerprint density at radius 1 is 1.23 bits per heavy atom. The molecule has 0 saturated heterocycles. The van der Waals surface area contributed by atoms with E-state index in [0.29, 0.717) is 11.6 Å². The molecule has 0 spiro atoms. The highest BCUT2D eigenvalue weighted by Gasteiger charge is 2.37. The van der Waals surface area contributed by atoms with E-state index in [1.54, 1.807) is 11.5 Å². The minimum Gasteiger partial charge on any atom is -0.480 e. The number of nitrogens with zero attached hydrogens (tertiary/aromatic N) is 4. The summed E-state index contributed by atoms with van der Waals surface area (Å²) in [7, 11) is 0. The van der Waals surface area contributed by atoms with E-state index < -0.39 is 30.0 Å². The van der Waals surface area contributed by atoms with Gasteiger partial charge in [0.1, 0.15) is 17.6 Å². The lowest BCUT2D eigenvalue weighted by Gasteiger charge is -2.33. The highest BCUT2D eigenvalue weighted by atomic mass is 19.4. The fraction of sp³-hybridized carbons (Fsp3) is 0.333. The van der Waals surface area contributed by atoms with Gasteiger partial charge in [-0.1, -0.05) is 0 Å². The van der Waals surface area contributed by atoms with E-state index in [-0.39, 0.29) is 18.7 Å². The zero-order chi connectivity index (χ0) is 19.1. The summed E-state index contributed by atoms with van der Waals surface area (Å²) in [6.07, 6.45) is -4.84. The zero-order valence-corrected chi connectivity index (χ0v) is 13.4. The second-order valence-corrected chi connectivity index (χ2v) is 5.63. The number of fused-ring (bicyclic) bond motifs is 1. The molecule has 2 heterocycles. The third-order valence-corrected chi connectivity index (χ3v) is 3.94. The van der Waals surface area contributed by atoms with Crippen LogP contribution >= 0.6 is 0 Å². The molecule has 1 aromatic heterocycles. The van der Waals surface area contributed by atoms with Crippen LogP contribution in [0.1, 0.15) is 22.0 Å². The van der Waals surface area contributed by atoms with Crippen molar-refractivity contribution in [2.24, 2.45) is 0 Å². The summed E-state index contributed by atoms with van der Waals surface area (Å²) in [4.78, 5) is 25.3. The molecular weight excluding hydrogens is 357 g/mol. The molecule has 1 aromatic carbocycles. The van der Waals surface area contributed by atoms with Gasteiger partial charge in [0.15, 0.2) is 5.82 Å². The minimum absolute atomic E-state index is 0.00942. The van der Waals surface area contributed by atoms with Gasteiger partial charge in [0.2, 0.25) is 0 Å². The van der Waals surface area contributed by atoms with E-state index in [1.807, 2.05) is 0 Å². The molecule has 0 aliphatic carbocycles. The molecule has 1 amide bonds. The third kappa shape index (κ3) is 3.46. The summed E-state index contributed by atoms with van der Waals surface area (Å²) in [6, 6.07) is 3.13. The lowest BCUT2D eigenvalue weighted by Crippen LogP contribution is -2.50. The van der Waals surface area contributed by atoms with Crippen molar-refractivity contribution in [3.63, 3.8) is 0 Å². The van der Waals surface area contributed by atoms with E-state index in [4.69, 9.17) is 0 Å². The van der Waals surface area contributed by atoms with E-state index >= 15 is 0 Å². The predicted molar refractivity (Wildman–Crippen MR) is 79.2 cm³/mol. The van der Waals surface area contributed by atoms with Crippen LogP contribution in [0.2, 0.25) is 0 Å². The molecule has 1 N–H and O–H groups in total. The Kier molecular flexibility index (Phi) is 4.30. The Bertz CT molecular complexity index is 848. The van der Waals surface area contributed by atoms with E-state index in [9.17, 15) is 27.9 Å². The second-order valence-electron chi connectivity index (χ2n) is 5.63. The van der Waals surface area contributed by atoms with Crippen LogP contribution < -0.4 is 4.74 Å². The van der Waals surface area contributed by atoms with Crippen LogP contribution in [-0.4, -0.2) is 49.1 Å². The number of aromatic nitrogens is 3. The van der Waals surface area contributed by atoms with Crippen LogP contribution in [0.5, 0.6) is 5.75 Å². The van der Waals surface area contributed by atoms with E-state index in [2.05, 4.69) is 14.9 Å². The first-order valence-corrected chi connectivity index (χ1v) is 7.44. The fourth-order valence-electron chi connectivity index (χ4n) is 2.70. The van der Waals surface area contributed by atoms with Crippen molar-refractivity contribution in [3.05, 3.63) is 41.5 Å². The van der Waals surface area contributed by atoms with Crippen molar-refractivity contribution in [1.29, 1.82) is 0 Å². The molecule has 3 rings (SSSR count). The topological polar surface area (TPSA) is 97.5 Å². The number of hydrogen-bond donors (Lipinski definition) is 1. The summed E-state index contributed by atoms with van der Waals surface area (Å²) in [6.45, 7) is 1.59. The number of carboxylic acids is 1. The number of amides is 1. The molecule has 0 bridgehead atoms. The van der Waals surface area contributed by atoms with Gasteiger partial charge in [-0.2, -0.15) is 0 Å². The average Bonchev–Trinajstić information content (AvgIpc) is 2.93. The maximum Gasteiger partial charge on any atom is 0.573 e. The summed E-state index contributed by atoms with van der Waals surface area (Å²) < 4.78 is 42.0. The predicted octanol–water partition coefficient (Wildman–Crippen LogP) is 1.59. The van der Waals surface area contributed by atoms with Crippen LogP contribution in [-0.2, 0) is 17.9 Å². The first kappa shape index (κ1) is 17.7. The van der Waals surface area contributed by atoms with Crippen molar-refractivity contribution in [1.82, 2.24) is 19.7 Å². The SMILES string of the molecule is Cc1nnc2n1CC(C(=O)O)N(C(=O)c1ccc(OC(F)(F)F)cc1)C2.